The molecule has 3 rings (SSSR count). The standard InChI is InChI=1S/C20H25N3O2S/c1-25-18-9-7-17(8-10-18)22-12-14-23(15-13-22)20(24)21-11-16-26-19-5-3-2-4-6-19/h2-10H,11-16H2,1H3,(H,21,24). The first-order valence-corrected chi connectivity index (χ1v) is 9.84. The van der Waals surface area contributed by atoms with E-state index in [4.69, 9.17) is 4.74 Å². The molecule has 0 atom stereocenters. The van der Waals surface area contributed by atoms with Crippen LogP contribution in [0.1, 0.15) is 0 Å². The smallest absolute Gasteiger partial charge is 0.317 e. The molecule has 2 amide bonds. The average Bonchev–Trinajstić information content (AvgIpc) is 2.72. The van der Waals surface area contributed by atoms with Gasteiger partial charge in [-0.25, -0.2) is 4.79 Å². The quantitative estimate of drug-likeness (QED) is 0.625. The monoisotopic (exact) mass is 371 g/mol. The Bertz CT molecular complexity index is 686. The van der Waals surface area contributed by atoms with Crippen LogP contribution in [0.25, 0.3) is 0 Å². The number of thioether (sulfide) groups is 1. The highest BCUT2D eigenvalue weighted by atomic mass is 32.2. The molecule has 2 aromatic carbocycles. The lowest BCUT2D eigenvalue weighted by molar-refractivity contribution is 0.195. The topological polar surface area (TPSA) is 44.8 Å². The fraction of sp³-hybridized carbons (Fsp3) is 0.350. The summed E-state index contributed by atoms with van der Waals surface area (Å²) in [6.07, 6.45) is 0. The largest absolute Gasteiger partial charge is 0.497 e. The summed E-state index contributed by atoms with van der Waals surface area (Å²) in [5.41, 5.74) is 1.17. The molecule has 0 bridgehead atoms. The fourth-order valence-electron chi connectivity index (χ4n) is 2.92. The molecule has 6 heteroatoms. The highest BCUT2D eigenvalue weighted by Gasteiger charge is 2.20. The Labute approximate surface area is 159 Å². The third-order valence-electron chi connectivity index (χ3n) is 4.39. The molecule has 0 aliphatic carbocycles. The van der Waals surface area contributed by atoms with E-state index in [0.717, 1.165) is 37.7 Å². The first kappa shape index (κ1) is 18.5. The number of nitrogens with one attached hydrogen (secondary N) is 1. The van der Waals surface area contributed by atoms with E-state index in [1.54, 1.807) is 18.9 Å². The number of anilines is 1. The molecule has 1 aliphatic rings. The van der Waals surface area contributed by atoms with Crippen molar-refractivity contribution < 1.29 is 9.53 Å². The normalized spacial score (nSPS) is 14.2. The summed E-state index contributed by atoms with van der Waals surface area (Å²) < 4.78 is 5.20. The van der Waals surface area contributed by atoms with Crippen LogP contribution >= 0.6 is 11.8 Å². The third-order valence-corrected chi connectivity index (χ3v) is 5.41. The number of nitrogens with zero attached hydrogens (tertiary/aromatic N) is 2. The number of carbonyl (C=O) groups excluding carboxylic acids is 1. The zero-order valence-electron chi connectivity index (χ0n) is 15.1. The highest BCUT2D eigenvalue weighted by molar-refractivity contribution is 7.99. The van der Waals surface area contributed by atoms with Crippen LogP contribution in [0.5, 0.6) is 5.75 Å². The van der Waals surface area contributed by atoms with Crippen LogP contribution in [0.15, 0.2) is 59.5 Å². The van der Waals surface area contributed by atoms with Gasteiger partial charge in [-0.3, -0.25) is 0 Å². The van der Waals surface area contributed by atoms with Crippen LogP contribution in [-0.2, 0) is 0 Å². The van der Waals surface area contributed by atoms with Crippen molar-refractivity contribution in [2.75, 3.05) is 50.5 Å². The molecule has 1 fully saturated rings. The van der Waals surface area contributed by atoms with Crippen LogP contribution in [0.4, 0.5) is 10.5 Å². The number of methoxy groups -OCH3 is 1. The summed E-state index contributed by atoms with van der Waals surface area (Å²) >= 11 is 1.76. The minimum absolute atomic E-state index is 0.0352. The van der Waals surface area contributed by atoms with Crippen molar-refractivity contribution in [3.8, 4) is 5.75 Å². The average molecular weight is 372 g/mol. The molecule has 1 aliphatic heterocycles. The number of urea groups is 1. The zero-order chi connectivity index (χ0) is 18.2. The van der Waals surface area contributed by atoms with E-state index in [1.807, 2.05) is 35.2 Å². The van der Waals surface area contributed by atoms with Crippen molar-refractivity contribution in [3.63, 3.8) is 0 Å². The Hall–Kier alpha value is -2.34. The van der Waals surface area contributed by atoms with Gasteiger partial charge in [-0.05, 0) is 36.4 Å². The Morgan fingerprint density at radius 2 is 1.73 bits per heavy atom. The maximum absolute atomic E-state index is 12.3. The van der Waals surface area contributed by atoms with Gasteiger partial charge < -0.3 is 19.9 Å². The lowest BCUT2D eigenvalue weighted by Crippen LogP contribution is -2.52. The summed E-state index contributed by atoms with van der Waals surface area (Å²) in [5.74, 6) is 1.74. The van der Waals surface area contributed by atoms with Crippen molar-refractivity contribution >= 4 is 23.5 Å². The van der Waals surface area contributed by atoms with Gasteiger partial charge in [0.15, 0.2) is 0 Å². The van der Waals surface area contributed by atoms with Gasteiger partial charge in [0.05, 0.1) is 7.11 Å². The predicted octanol–water partition coefficient (Wildman–Crippen LogP) is 3.32. The summed E-state index contributed by atoms with van der Waals surface area (Å²) in [7, 11) is 1.67. The van der Waals surface area contributed by atoms with E-state index in [9.17, 15) is 4.79 Å². The number of hydrogen-bond acceptors (Lipinski definition) is 4. The second kappa shape index (κ2) is 9.38. The van der Waals surface area contributed by atoms with Gasteiger partial charge in [0.25, 0.3) is 0 Å². The Morgan fingerprint density at radius 3 is 2.38 bits per heavy atom. The molecule has 26 heavy (non-hydrogen) atoms. The van der Waals surface area contributed by atoms with Crippen LogP contribution in [-0.4, -0.2) is 56.5 Å². The van der Waals surface area contributed by atoms with Gasteiger partial charge in [0.1, 0.15) is 5.75 Å². The highest BCUT2D eigenvalue weighted by Crippen LogP contribution is 2.20. The zero-order valence-corrected chi connectivity index (χ0v) is 15.9. The van der Waals surface area contributed by atoms with Gasteiger partial charge in [0, 0.05) is 49.1 Å². The molecule has 1 heterocycles. The number of hydrogen-bond donors (Lipinski definition) is 1. The van der Waals surface area contributed by atoms with E-state index < -0.39 is 0 Å². The Balaban J connectivity index is 1.37. The summed E-state index contributed by atoms with van der Waals surface area (Å²) in [4.78, 5) is 17.7. The number of benzene rings is 2. The number of amides is 2. The molecule has 0 spiro atoms. The van der Waals surface area contributed by atoms with Crippen molar-refractivity contribution in [1.29, 1.82) is 0 Å². The third kappa shape index (κ3) is 5.08. The van der Waals surface area contributed by atoms with Gasteiger partial charge in [-0.15, -0.1) is 11.8 Å². The van der Waals surface area contributed by atoms with E-state index >= 15 is 0 Å². The minimum atomic E-state index is 0.0352. The lowest BCUT2D eigenvalue weighted by atomic mass is 10.2. The number of piperazine rings is 1. The van der Waals surface area contributed by atoms with Crippen LogP contribution < -0.4 is 15.0 Å². The lowest BCUT2D eigenvalue weighted by Gasteiger charge is -2.36. The molecule has 2 aromatic rings. The number of carbonyl (C=O) groups is 1. The van der Waals surface area contributed by atoms with E-state index in [-0.39, 0.29) is 6.03 Å². The second-order valence-corrected chi connectivity index (χ2v) is 7.23. The molecular weight excluding hydrogens is 346 g/mol. The molecule has 0 unspecified atom stereocenters. The summed E-state index contributed by atoms with van der Waals surface area (Å²) in [6.45, 7) is 3.85. The summed E-state index contributed by atoms with van der Waals surface area (Å²) in [5, 5.41) is 3.02. The van der Waals surface area contributed by atoms with Crippen molar-refractivity contribution in [1.82, 2.24) is 10.2 Å². The van der Waals surface area contributed by atoms with Crippen LogP contribution in [0, 0.1) is 0 Å². The van der Waals surface area contributed by atoms with Gasteiger partial charge in [-0.1, -0.05) is 18.2 Å². The molecule has 138 valence electrons. The Morgan fingerprint density at radius 1 is 1.04 bits per heavy atom. The molecule has 1 saturated heterocycles. The molecule has 1 N–H and O–H groups in total. The van der Waals surface area contributed by atoms with Crippen LogP contribution in [0.2, 0.25) is 0 Å². The second-order valence-electron chi connectivity index (χ2n) is 6.07. The summed E-state index contributed by atoms with van der Waals surface area (Å²) in [6, 6.07) is 18.4. The van der Waals surface area contributed by atoms with E-state index in [2.05, 4.69) is 34.5 Å². The predicted molar refractivity (Wildman–Crippen MR) is 107 cm³/mol. The van der Waals surface area contributed by atoms with E-state index in [0.29, 0.717) is 6.54 Å². The number of rotatable bonds is 6. The van der Waals surface area contributed by atoms with Crippen LogP contribution in [0.3, 0.4) is 0 Å². The molecular formula is C20H25N3O2S. The van der Waals surface area contributed by atoms with Crippen molar-refractivity contribution in [2.24, 2.45) is 0 Å². The van der Waals surface area contributed by atoms with Crippen molar-refractivity contribution in [2.45, 2.75) is 4.90 Å². The van der Waals surface area contributed by atoms with Crippen molar-refractivity contribution in [3.05, 3.63) is 54.6 Å². The molecule has 5 nitrogen and oxygen atoms in total. The van der Waals surface area contributed by atoms with E-state index in [1.165, 1.54) is 10.6 Å². The first-order chi connectivity index (χ1) is 12.8. The van der Waals surface area contributed by atoms with Gasteiger partial charge in [0.2, 0.25) is 0 Å². The molecule has 0 radical (unpaired) electrons. The SMILES string of the molecule is COc1ccc(N2CCN(C(=O)NCCSc3ccccc3)CC2)cc1. The first-order valence-electron chi connectivity index (χ1n) is 8.86. The van der Waals surface area contributed by atoms with Gasteiger partial charge >= 0.3 is 6.03 Å². The maximum atomic E-state index is 12.3. The maximum Gasteiger partial charge on any atom is 0.317 e. The van der Waals surface area contributed by atoms with Gasteiger partial charge in [-0.2, -0.15) is 0 Å². The molecule has 0 saturated carbocycles. The minimum Gasteiger partial charge on any atom is -0.497 e. The fourth-order valence-corrected chi connectivity index (χ4v) is 3.71. The Kier molecular flexibility index (Phi) is 6.66. The molecule has 0 aromatic heterocycles. The number of ether oxygens (including phenoxy) is 1.